The maximum absolute atomic E-state index is 12.6. The summed E-state index contributed by atoms with van der Waals surface area (Å²) < 4.78 is 37.8. The topological polar surface area (TPSA) is 30.0 Å². The van der Waals surface area contributed by atoms with E-state index in [0.29, 0.717) is 16.1 Å². The quantitative estimate of drug-likeness (QED) is 0.795. The highest BCUT2D eigenvalue weighted by atomic mass is 32.1. The Balaban J connectivity index is 2.22. The summed E-state index contributed by atoms with van der Waals surface area (Å²) in [7, 11) is 0. The van der Waals surface area contributed by atoms with Crippen molar-refractivity contribution in [3.05, 3.63) is 51.0 Å². The number of hydrogen-bond acceptors (Lipinski definition) is 3. The molecule has 0 bridgehead atoms. The van der Waals surface area contributed by atoms with E-state index in [2.05, 4.69) is 4.98 Å². The predicted molar refractivity (Wildman–Crippen MR) is 71.1 cm³/mol. The smallest absolute Gasteiger partial charge is 0.293 e. The monoisotopic (exact) mass is 299 g/mol. The first kappa shape index (κ1) is 14.7. The highest BCUT2D eigenvalue weighted by Gasteiger charge is 2.30. The van der Waals surface area contributed by atoms with Gasteiger partial charge in [0.1, 0.15) is 0 Å². The van der Waals surface area contributed by atoms with Gasteiger partial charge in [-0.15, -0.1) is 11.3 Å². The highest BCUT2D eigenvalue weighted by Crippen LogP contribution is 2.30. The van der Waals surface area contributed by atoms with Crippen LogP contribution in [-0.4, -0.2) is 10.8 Å². The van der Waals surface area contributed by atoms with Gasteiger partial charge in [0, 0.05) is 6.42 Å². The van der Waals surface area contributed by atoms with Crippen molar-refractivity contribution in [1.82, 2.24) is 4.98 Å². The second kappa shape index (κ2) is 5.36. The minimum absolute atomic E-state index is 0.0492. The van der Waals surface area contributed by atoms with Crippen LogP contribution >= 0.6 is 11.3 Å². The lowest BCUT2D eigenvalue weighted by molar-refractivity contribution is -0.137. The van der Waals surface area contributed by atoms with E-state index in [9.17, 15) is 18.0 Å². The molecule has 1 heterocycles. The molecule has 20 heavy (non-hydrogen) atoms. The van der Waals surface area contributed by atoms with Crippen LogP contribution in [0.5, 0.6) is 0 Å². The Morgan fingerprint density at radius 3 is 2.55 bits per heavy atom. The van der Waals surface area contributed by atoms with E-state index in [4.69, 9.17) is 0 Å². The number of halogens is 3. The van der Waals surface area contributed by atoms with Crippen molar-refractivity contribution in [3.8, 4) is 0 Å². The molecular formula is C14H12F3NOS. The molecule has 1 aromatic heterocycles. The molecule has 0 saturated heterocycles. The molecule has 2 nitrogen and oxygen atoms in total. The highest BCUT2D eigenvalue weighted by molar-refractivity contribution is 7.13. The number of aromatic nitrogens is 1. The van der Waals surface area contributed by atoms with Crippen molar-refractivity contribution in [2.75, 3.05) is 0 Å². The Bertz CT molecular complexity index is 646. The SMILES string of the molecule is Cc1nc(C)c(C(=O)Cc2cccc(C(F)(F)F)c2)s1. The molecule has 0 spiro atoms. The van der Waals surface area contributed by atoms with Gasteiger partial charge in [-0.25, -0.2) is 4.98 Å². The van der Waals surface area contributed by atoms with E-state index in [0.717, 1.165) is 17.1 Å². The van der Waals surface area contributed by atoms with Crippen molar-refractivity contribution in [1.29, 1.82) is 0 Å². The van der Waals surface area contributed by atoms with Crippen LogP contribution in [0.4, 0.5) is 13.2 Å². The van der Waals surface area contributed by atoms with E-state index in [1.165, 1.54) is 23.5 Å². The molecule has 0 aliphatic heterocycles. The molecule has 1 aromatic carbocycles. The van der Waals surface area contributed by atoms with Crippen LogP contribution in [0.25, 0.3) is 0 Å². The van der Waals surface area contributed by atoms with Gasteiger partial charge < -0.3 is 0 Å². The Hall–Kier alpha value is -1.69. The zero-order valence-corrected chi connectivity index (χ0v) is 11.7. The predicted octanol–water partition coefficient (Wildman–Crippen LogP) is 4.20. The first-order valence-electron chi connectivity index (χ1n) is 5.91. The summed E-state index contributed by atoms with van der Waals surface area (Å²) in [6, 6.07) is 4.85. The van der Waals surface area contributed by atoms with Crippen molar-refractivity contribution in [3.63, 3.8) is 0 Å². The zero-order chi connectivity index (χ0) is 14.9. The molecular weight excluding hydrogens is 287 g/mol. The van der Waals surface area contributed by atoms with E-state index in [1.807, 2.05) is 0 Å². The second-order valence-electron chi connectivity index (χ2n) is 4.45. The van der Waals surface area contributed by atoms with Crippen LogP contribution in [-0.2, 0) is 12.6 Å². The number of aryl methyl sites for hydroxylation is 2. The van der Waals surface area contributed by atoms with Crippen molar-refractivity contribution < 1.29 is 18.0 Å². The molecule has 0 N–H and O–H groups in total. The molecule has 0 radical (unpaired) electrons. The average Bonchev–Trinajstić information content (AvgIpc) is 2.68. The molecule has 6 heteroatoms. The number of Topliss-reactive ketones (excluding diaryl/α,β-unsaturated/α-hetero) is 1. The summed E-state index contributed by atoms with van der Waals surface area (Å²) >= 11 is 1.27. The summed E-state index contributed by atoms with van der Waals surface area (Å²) in [6.07, 6.45) is -4.44. The van der Waals surface area contributed by atoms with Gasteiger partial charge in [-0.1, -0.05) is 18.2 Å². The third-order valence-corrected chi connectivity index (χ3v) is 3.89. The van der Waals surface area contributed by atoms with Gasteiger partial charge in [-0.05, 0) is 25.5 Å². The van der Waals surface area contributed by atoms with Crippen LogP contribution in [0.1, 0.15) is 31.5 Å². The third-order valence-electron chi connectivity index (χ3n) is 2.78. The molecule has 2 aromatic rings. The fourth-order valence-electron chi connectivity index (χ4n) is 1.91. The second-order valence-corrected chi connectivity index (χ2v) is 5.65. The van der Waals surface area contributed by atoms with E-state index in [-0.39, 0.29) is 12.2 Å². The van der Waals surface area contributed by atoms with Crippen LogP contribution in [0.3, 0.4) is 0 Å². The molecule has 0 aliphatic carbocycles. The van der Waals surface area contributed by atoms with Gasteiger partial charge in [-0.3, -0.25) is 4.79 Å². The van der Waals surface area contributed by atoms with E-state index in [1.54, 1.807) is 13.8 Å². The normalized spacial score (nSPS) is 11.7. The molecule has 0 unspecified atom stereocenters. The number of rotatable bonds is 3. The molecule has 2 rings (SSSR count). The lowest BCUT2D eigenvalue weighted by Gasteiger charge is -2.08. The van der Waals surface area contributed by atoms with Gasteiger partial charge >= 0.3 is 6.18 Å². The number of alkyl halides is 3. The largest absolute Gasteiger partial charge is 0.416 e. The number of carbonyl (C=O) groups excluding carboxylic acids is 1. The van der Waals surface area contributed by atoms with Gasteiger partial charge in [0.15, 0.2) is 5.78 Å². The van der Waals surface area contributed by atoms with Crippen LogP contribution < -0.4 is 0 Å². The van der Waals surface area contributed by atoms with Crippen LogP contribution in [0.2, 0.25) is 0 Å². The van der Waals surface area contributed by atoms with Gasteiger partial charge in [0.05, 0.1) is 21.1 Å². The Labute approximate surface area is 118 Å². The number of benzene rings is 1. The minimum Gasteiger partial charge on any atom is -0.293 e. The molecule has 0 amide bonds. The molecule has 106 valence electrons. The minimum atomic E-state index is -4.39. The summed E-state index contributed by atoms with van der Waals surface area (Å²) in [5.74, 6) is -0.201. The van der Waals surface area contributed by atoms with Crippen molar-refractivity contribution in [2.24, 2.45) is 0 Å². The Morgan fingerprint density at radius 2 is 2.00 bits per heavy atom. The first-order valence-corrected chi connectivity index (χ1v) is 6.72. The number of nitrogens with zero attached hydrogens (tertiary/aromatic N) is 1. The van der Waals surface area contributed by atoms with E-state index >= 15 is 0 Å². The fraction of sp³-hybridized carbons (Fsp3) is 0.286. The van der Waals surface area contributed by atoms with E-state index < -0.39 is 11.7 Å². The third kappa shape index (κ3) is 3.25. The summed E-state index contributed by atoms with van der Waals surface area (Å²) in [4.78, 5) is 16.8. The van der Waals surface area contributed by atoms with Gasteiger partial charge in [-0.2, -0.15) is 13.2 Å². The Morgan fingerprint density at radius 1 is 1.30 bits per heavy atom. The number of thiazole rings is 1. The van der Waals surface area contributed by atoms with Crippen LogP contribution in [0.15, 0.2) is 24.3 Å². The number of hydrogen-bond donors (Lipinski definition) is 0. The lowest BCUT2D eigenvalue weighted by atomic mass is 10.0. The van der Waals surface area contributed by atoms with Crippen molar-refractivity contribution >= 4 is 17.1 Å². The standard InChI is InChI=1S/C14H12F3NOS/c1-8-13(20-9(2)18-8)12(19)7-10-4-3-5-11(6-10)14(15,16)17/h3-6H,7H2,1-2H3. The maximum atomic E-state index is 12.6. The first-order chi connectivity index (χ1) is 9.27. The fourth-order valence-corrected chi connectivity index (χ4v) is 2.77. The maximum Gasteiger partial charge on any atom is 0.416 e. The molecule has 0 atom stereocenters. The summed E-state index contributed by atoms with van der Waals surface area (Å²) in [6.45, 7) is 3.52. The van der Waals surface area contributed by atoms with Crippen LogP contribution in [0, 0.1) is 13.8 Å². The molecule has 0 aliphatic rings. The van der Waals surface area contributed by atoms with Crippen molar-refractivity contribution in [2.45, 2.75) is 26.4 Å². The number of carbonyl (C=O) groups is 1. The lowest BCUT2D eigenvalue weighted by Crippen LogP contribution is -2.07. The zero-order valence-electron chi connectivity index (χ0n) is 10.9. The Kier molecular flexibility index (Phi) is 3.94. The molecule has 0 fully saturated rings. The van der Waals surface area contributed by atoms with Gasteiger partial charge in [0.25, 0.3) is 0 Å². The molecule has 0 saturated carbocycles. The summed E-state index contributed by atoms with van der Waals surface area (Å²) in [5.41, 5.74) is 0.250. The average molecular weight is 299 g/mol. The van der Waals surface area contributed by atoms with Gasteiger partial charge in [0.2, 0.25) is 0 Å². The summed E-state index contributed by atoms with van der Waals surface area (Å²) in [5, 5.41) is 0.773. The number of ketones is 1.